The van der Waals surface area contributed by atoms with E-state index in [9.17, 15) is 14.4 Å². The summed E-state index contributed by atoms with van der Waals surface area (Å²) in [6.45, 7) is 1.20. The number of amides is 4. The number of nitrogens with zero attached hydrogens (tertiary/aromatic N) is 1. The summed E-state index contributed by atoms with van der Waals surface area (Å²) in [6.07, 6.45) is 3.14. The summed E-state index contributed by atoms with van der Waals surface area (Å²) in [7, 11) is 1.65. The number of fused-ring (bicyclic) bond motifs is 2. The van der Waals surface area contributed by atoms with Crippen LogP contribution in [0.5, 0.6) is 0 Å². The first-order chi connectivity index (χ1) is 12.6. The van der Waals surface area contributed by atoms with Crippen LogP contribution in [0.2, 0.25) is 0 Å². The van der Waals surface area contributed by atoms with E-state index in [-0.39, 0.29) is 29.8 Å². The Kier molecular flexibility index (Phi) is 4.30. The number of carbonyl (C=O) groups excluding carboxylic acids is 3. The molecule has 138 valence electrons. The third-order valence-electron chi connectivity index (χ3n) is 6.04. The number of anilines is 1. The molecule has 1 aliphatic heterocycles. The van der Waals surface area contributed by atoms with Crippen molar-refractivity contribution in [3.63, 3.8) is 0 Å². The minimum Gasteiger partial charge on any atom is -0.359 e. The van der Waals surface area contributed by atoms with Crippen LogP contribution in [0, 0.1) is 17.8 Å². The second-order valence-corrected chi connectivity index (χ2v) is 7.41. The SMILES string of the molecule is CNC(=O)[C@H]1[C@@H]2CC[C@@H](C2)[C@H]1NC(=O)c1cccc(N2CCNC2=O)c1. The molecule has 2 bridgehead atoms. The summed E-state index contributed by atoms with van der Waals surface area (Å²) in [6, 6.07) is 6.84. The Hall–Kier alpha value is -2.57. The van der Waals surface area contributed by atoms with Crippen LogP contribution < -0.4 is 20.9 Å². The quantitative estimate of drug-likeness (QED) is 0.755. The van der Waals surface area contributed by atoms with Crippen molar-refractivity contribution in [2.24, 2.45) is 17.8 Å². The molecule has 3 N–H and O–H groups in total. The second kappa shape index (κ2) is 6.63. The number of nitrogens with one attached hydrogen (secondary N) is 3. The van der Waals surface area contributed by atoms with Gasteiger partial charge in [0.15, 0.2) is 0 Å². The van der Waals surface area contributed by atoms with Crippen molar-refractivity contribution >= 4 is 23.5 Å². The lowest BCUT2D eigenvalue weighted by molar-refractivity contribution is -0.126. The summed E-state index contributed by atoms with van der Waals surface area (Å²) in [4.78, 5) is 38.6. The highest BCUT2D eigenvalue weighted by atomic mass is 16.2. The number of hydrogen-bond acceptors (Lipinski definition) is 3. The third kappa shape index (κ3) is 2.81. The van der Waals surface area contributed by atoms with E-state index in [1.165, 1.54) is 0 Å². The van der Waals surface area contributed by atoms with Crippen LogP contribution in [0.15, 0.2) is 24.3 Å². The molecule has 4 rings (SSSR count). The monoisotopic (exact) mass is 356 g/mol. The highest BCUT2D eigenvalue weighted by Crippen LogP contribution is 2.48. The van der Waals surface area contributed by atoms with Crippen molar-refractivity contribution in [3.05, 3.63) is 29.8 Å². The largest absolute Gasteiger partial charge is 0.359 e. The Bertz CT molecular complexity index is 750. The van der Waals surface area contributed by atoms with Gasteiger partial charge >= 0.3 is 6.03 Å². The summed E-state index contributed by atoms with van der Waals surface area (Å²) >= 11 is 0. The molecule has 0 radical (unpaired) electrons. The summed E-state index contributed by atoms with van der Waals surface area (Å²) < 4.78 is 0. The first-order valence-corrected chi connectivity index (χ1v) is 9.26. The summed E-state index contributed by atoms with van der Waals surface area (Å²) in [5.41, 5.74) is 1.23. The maximum Gasteiger partial charge on any atom is 0.321 e. The molecule has 1 saturated heterocycles. The average molecular weight is 356 g/mol. The van der Waals surface area contributed by atoms with E-state index in [1.807, 2.05) is 6.07 Å². The van der Waals surface area contributed by atoms with E-state index < -0.39 is 0 Å². The zero-order valence-electron chi connectivity index (χ0n) is 14.8. The molecular weight excluding hydrogens is 332 g/mol. The maximum atomic E-state index is 12.8. The molecule has 26 heavy (non-hydrogen) atoms. The first kappa shape index (κ1) is 16.9. The van der Waals surface area contributed by atoms with E-state index in [1.54, 1.807) is 30.1 Å². The van der Waals surface area contributed by atoms with Crippen molar-refractivity contribution < 1.29 is 14.4 Å². The normalized spacial score (nSPS) is 29.6. The van der Waals surface area contributed by atoms with Gasteiger partial charge in [0.05, 0.1) is 5.92 Å². The summed E-state index contributed by atoms with van der Waals surface area (Å²) in [5.74, 6) is 0.432. The fourth-order valence-corrected chi connectivity index (χ4v) is 4.81. The van der Waals surface area contributed by atoms with Crippen molar-refractivity contribution in [3.8, 4) is 0 Å². The zero-order chi connectivity index (χ0) is 18.3. The van der Waals surface area contributed by atoms with E-state index in [0.29, 0.717) is 36.2 Å². The average Bonchev–Trinajstić information content (AvgIpc) is 3.37. The van der Waals surface area contributed by atoms with Gasteiger partial charge < -0.3 is 16.0 Å². The predicted molar refractivity (Wildman–Crippen MR) is 96.8 cm³/mol. The lowest BCUT2D eigenvalue weighted by atomic mass is 9.83. The Morgan fingerprint density at radius 2 is 2.04 bits per heavy atom. The molecule has 2 saturated carbocycles. The molecule has 3 fully saturated rings. The minimum absolute atomic E-state index is 0.0185. The maximum absolute atomic E-state index is 12.8. The molecule has 3 aliphatic rings. The molecular formula is C19H24N4O3. The van der Waals surface area contributed by atoms with E-state index in [2.05, 4.69) is 16.0 Å². The molecule has 4 atom stereocenters. The van der Waals surface area contributed by atoms with E-state index in [0.717, 1.165) is 19.3 Å². The van der Waals surface area contributed by atoms with Gasteiger partial charge in [-0.3, -0.25) is 14.5 Å². The lowest BCUT2D eigenvalue weighted by Crippen LogP contribution is -2.49. The number of urea groups is 1. The van der Waals surface area contributed by atoms with Crippen LogP contribution in [0.3, 0.4) is 0 Å². The molecule has 7 nitrogen and oxygen atoms in total. The molecule has 0 aromatic heterocycles. The van der Waals surface area contributed by atoms with Crippen molar-refractivity contribution in [1.82, 2.24) is 16.0 Å². The zero-order valence-corrected chi connectivity index (χ0v) is 14.8. The van der Waals surface area contributed by atoms with Gasteiger partial charge in [0, 0.05) is 37.4 Å². The van der Waals surface area contributed by atoms with Crippen LogP contribution in [0.4, 0.5) is 10.5 Å². The van der Waals surface area contributed by atoms with Gasteiger partial charge in [-0.25, -0.2) is 4.79 Å². The molecule has 0 unspecified atom stereocenters. The molecule has 1 aromatic carbocycles. The molecule has 2 aliphatic carbocycles. The predicted octanol–water partition coefficient (Wildman–Crippen LogP) is 1.11. The van der Waals surface area contributed by atoms with Crippen LogP contribution in [0.1, 0.15) is 29.6 Å². The van der Waals surface area contributed by atoms with Crippen molar-refractivity contribution in [2.45, 2.75) is 25.3 Å². The topological polar surface area (TPSA) is 90.5 Å². The van der Waals surface area contributed by atoms with Crippen LogP contribution in [-0.4, -0.2) is 44.0 Å². The fourth-order valence-electron chi connectivity index (χ4n) is 4.81. The molecule has 4 amide bonds. The number of hydrogen-bond donors (Lipinski definition) is 3. The molecule has 7 heteroatoms. The van der Waals surface area contributed by atoms with Gasteiger partial charge in [-0.2, -0.15) is 0 Å². The lowest BCUT2D eigenvalue weighted by Gasteiger charge is -2.30. The van der Waals surface area contributed by atoms with Crippen LogP contribution in [0.25, 0.3) is 0 Å². The number of carbonyl (C=O) groups is 3. The third-order valence-corrected chi connectivity index (χ3v) is 6.04. The highest BCUT2D eigenvalue weighted by molar-refractivity contribution is 5.98. The van der Waals surface area contributed by atoms with E-state index in [4.69, 9.17) is 0 Å². The minimum atomic E-state index is -0.182. The van der Waals surface area contributed by atoms with Gasteiger partial charge in [0.2, 0.25) is 5.91 Å². The van der Waals surface area contributed by atoms with E-state index >= 15 is 0 Å². The smallest absolute Gasteiger partial charge is 0.321 e. The van der Waals surface area contributed by atoms with Crippen LogP contribution in [-0.2, 0) is 4.79 Å². The van der Waals surface area contributed by atoms with Gasteiger partial charge in [-0.1, -0.05) is 6.07 Å². The Morgan fingerprint density at radius 1 is 1.23 bits per heavy atom. The molecule has 1 heterocycles. The first-order valence-electron chi connectivity index (χ1n) is 9.26. The van der Waals surface area contributed by atoms with Gasteiger partial charge in [0.1, 0.15) is 0 Å². The second-order valence-electron chi connectivity index (χ2n) is 7.41. The highest BCUT2D eigenvalue weighted by Gasteiger charge is 2.51. The van der Waals surface area contributed by atoms with Crippen molar-refractivity contribution in [2.75, 3.05) is 25.0 Å². The molecule has 1 aromatic rings. The van der Waals surface area contributed by atoms with Gasteiger partial charge in [-0.05, 0) is 49.3 Å². The Labute approximate surface area is 152 Å². The molecule has 0 spiro atoms. The van der Waals surface area contributed by atoms with Gasteiger partial charge in [-0.15, -0.1) is 0 Å². The Balaban J connectivity index is 1.51. The van der Waals surface area contributed by atoms with Gasteiger partial charge in [0.25, 0.3) is 5.91 Å². The number of benzene rings is 1. The summed E-state index contributed by atoms with van der Waals surface area (Å²) in [5, 5.41) is 8.61. The van der Waals surface area contributed by atoms with Crippen molar-refractivity contribution in [1.29, 1.82) is 0 Å². The van der Waals surface area contributed by atoms with Crippen LogP contribution >= 0.6 is 0 Å². The Morgan fingerprint density at radius 3 is 2.77 bits per heavy atom. The standard InChI is InChI=1S/C19H24N4O3/c1-20-18(25)15-11-5-6-12(9-11)16(15)22-17(24)13-3-2-4-14(10-13)23-8-7-21-19(23)26/h2-4,10-12,15-16H,5-9H2,1H3,(H,20,25)(H,21,26)(H,22,24)/t11-,12+,15+,16-/m1/s1. The number of rotatable bonds is 4. The fraction of sp³-hybridized carbons (Fsp3) is 0.526.